The molecular weight excluding hydrogens is 311 g/mol. The zero-order valence-electron chi connectivity index (χ0n) is 10.1. The predicted molar refractivity (Wildman–Crippen MR) is 75.3 cm³/mol. The van der Waals surface area contributed by atoms with E-state index in [0.717, 1.165) is 26.8 Å². The van der Waals surface area contributed by atoms with Crippen molar-refractivity contribution in [1.29, 1.82) is 0 Å². The number of hydrogen-bond donors (Lipinski definition) is 0. The van der Waals surface area contributed by atoms with Crippen LogP contribution in [0.2, 0.25) is 0 Å². The highest BCUT2D eigenvalue weighted by molar-refractivity contribution is 9.10. The van der Waals surface area contributed by atoms with Crippen LogP contribution in [0.4, 0.5) is 4.39 Å². The summed E-state index contributed by atoms with van der Waals surface area (Å²) < 4.78 is 21.0. The van der Waals surface area contributed by atoms with Gasteiger partial charge >= 0.3 is 0 Å². The number of nitrogens with zero attached hydrogens (tertiary/aromatic N) is 2. The maximum atomic E-state index is 13.0. The van der Waals surface area contributed by atoms with E-state index in [1.807, 2.05) is 12.1 Å². The van der Waals surface area contributed by atoms with Gasteiger partial charge in [0.1, 0.15) is 11.6 Å². The maximum absolute atomic E-state index is 13.0. The van der Waals surface area contributed by atoms with Gasteiger partial charge in [0.15, 0.2) is 0 Å². The fraction of sp³-hybridized carbons (Fsp3) is 0.0714. The molecular formula is C14H10BrFN2O. The van der Waals surface area contributed by atoms with Crippen molar-refractivity contribution in [3.63, 3.8) is 0 Å². The lowest BCUT2D eigenvalue weighted by atomic mass is 10.2. The molecule has 0 N–H and O–H groups in total. The van der Waals surface area contributed by atoms with Gasteiger partial charge in [0, 0.05) is 4.47 Å². The van der Waals surface area contributed by atoms with Crippen molar-refractivity contribution in [2.24, 2.45) is 0 Å². The van der Waals surface area contributed by atoms with Crippen molar-refractivity contribution in [2.75, 3.05) is 7.11 Å². The second-order valence-electron chi connectivity index (χ2n) is 4.07. The van der Waals surface area contributed by atoms with E-state index in [4.69, 9.17) is 4.74 Å². The van der Waals surface area contributed by atoms with Crippen molar-refractivity contribution < 1.29 is 9.13 Å². The normalized spacial score (nSPS) is 10.9. The average Bonchev–Trinajstić information content (AvgIpc) is 2.82. The fourth-order valence-electron chi connectivity index (χ4n) is 2.02. The molecule has 0 bridgehead atoms. The van der Waals surface area contributed by atoms with Gasteiger partial charge in [0.2, 0.25) is 0 Å². The second-order valence-corrected chi connectivity index (χ2v) is 4.99. The van der Waals surface area contributed by atoms with Crippen molar-refractivity contribution >= 4 is 26.8 Å². The molecule has 5 heteroatoms. The zero-order valence-corrected chi connectivity index (χ0v) is 11.7. The SMILES string of the molecule is COc1cc(Br)cc2c1cnn2-c1ccc(F)cc1. The molecule has 0 radical (unpaired) electrons. The number of fused-ring (bicyclic) bond motifs is 1. The Morgan fingerprint density at radius 2 is 1.95 bits per heavy atom. The van der Waals surface area contributed by atoms with Crippen molar-refractivity contribution in [2.45, 2.75) is 0 Å². The first-order chi connectivity index (χ1) is 9.19. The summed E-state index contributed by atoms with van der Waals surface area (Å²) in [4.78, 5) is 0. The lowest BCUT2D eigenvalue weighted by Gasteiger charge is -2.06. The molecule has 0 aliphatic rings. The third-order valence-corrected chi connectivity index (χ3v) is 3.36. The molecule has 0 saturated heterocycles. The highest BCUT2D eigenvalue weighted by Gasteiger charge is 2.10. The summed E-state index contributed by atoms with van der Waals surface area (Å²) in [5, 5.41) is 5.25. The molecule has 1 heterocycles. The monoisotopic (exact) mass is 320 g/mol. The smallest absolute Gasteiger partial charge is 0.131 e. The Balaban J connectivity index is 2.25. The quantitative estimate of drug-likeness (QED) is 0.715. The minimum atomic E-state index is -0.265. The van der Waals surface area contributed by atoms with E-state index < -0.39 is 0 Å². The van der Waals surface area contributed by atoms with E-state index in [1.165, 1.54) is 12.1 Å². The molecule has 96 valence electrons. The van der Waals surface area contributed by atoms with Crippen LogP contribution in [0.15, 0.2) is 47.1 Å². The predicted octanol–water partition coefficient (Wildman–Crippen LogP) is 3.94. The van der Waals surface area contributed by atoms with Gasteiger partial charge in [-0.25, -0.2) is 9.07 Å². The molecule has 3 aromatic rings. The third-order valence-electron chi connectivity index (χ3n) is 2.91. The van der Waals surface area contributed by atoms with E-state index in [-0.39, 0.29) is 5.82 Å². The Morgan fingerprint density at radius 3 is 2.63 bits per heavy atom. The van der Waals surface area contributed by atoms with Crippen molar-refractivity contribution in [3.8, 4) is 11.4 Å². The average molecular weight is 321 g/mol. The first kappa shape index (κ1) is 12.2. The summed E-state index contributed by atoms with van der Waals surface area (Å²) in [5.41, 5.74) is 1.70. The molecule has 2 aromatic carbocycles. The van der Waals surface area contributed by atoms with Crippen LogP contribution in [0.1, 0.15) is 0 Å². The first-order valence-corrected chi connectivity index (χ1v) is 6.45. The van der Waals surface area contributed by atoms with E-state index in [9.17, 15) is 4.39 Å². The molecule has 3 nitrogen and oxygen atoms in total. The fourth-order valence-corrected chi connectivity index (χ4v) is 2.44. The van der Waals surface area contributed by atoms with Gasteiger partial charge in [-0.05, 0) is 36.4 Å². The number of aromatic nitrogens is 2. The lowest BCUT2D eigenvalue weighted by Crippen LogP contribution is -1.96. The van der Waals surface area contributed by atoms with Crippen LogP contribution in [0, 0.1) is 5.82 Å². The number of rotatable bonds is 2. The molecule has 19 heavy (non-hydrogen) atoms. The van der Waals surface area contributed by atoms with Gasteiger partial charge in [-0.15, -0.1) is 0 Å². The van der Waals surface area contributed by atoms with Crippen LogP contribution in [0.25, 0.3) is 16.6 Å². The molecule has 0 fully saturated rings. The van der Waals surface area contributed by atoms with Gasteiger partial charge in [-0.1, -0.05) is 15.9 Å². The van der Waals surface area contributed by atoms with E-state index in [0.29, 0.717) is 0 Å². The Hall–Kier alpha value is -1.88. The summed E-state index contributed by atoms with van der Waals surface area (Å²) >= 11 is 3.45. The number of hydrogen-bond acceptors (Lipinski definition) is 2. The van der Waals surface area contributed by atoms with E-state index in [1.54, 1.807) is 30.1 Å². The maximum Gasteiger partial charge on any atom is 0.131 e. The Bertz CT molecular complexity index is 737. The Labute approximate surface area is 117 Å². The molecule has 0 spiro atoms. The van der Waals surface area contributed by atoms with Crippen LogP contribution in [0.3, 0.4) is 0 Å². The van der Waals surface area contributed by atoms with Crippen molar-refractivity contribution in [1.82, 2.24) is 9.78 Å². The van der Waals surface area contributed by atoms with Gasteiger partial charge in [-0.3, -0.25) is 0 Å². The topological polar surface area (TPSA) is 27.1 Å². The molecule has 0 aliphatic carbocycles. The molecule has 0 amide bonds. The largest absolute Gasteiger partial charge is 0.496 e. The number of methoxy groups -OCH3 is 1. The van der Waals surface area contributed by atoms with Crippen LogP contribution < -0.4 is 4.74 Å². The lowest BCUT2D eigenvalue weighted by molar-refractivity contribution is 0.419. The third kappa shape index (κ3) is 2.10. The molecule has 3 rings (SSSR count). The zero-order chi connectivity index (χ0) is 13.4. The van der Waals surface area contributed by atoms with Crippen LogP contribution in [-0.4, -0.2) is 16.9 Å². The number of ether oxygens (including phenoxy) is 1. The van der Waals surface area contributed by atoms with Gasteiger partial charge in [0.25, 0.3) is 0 Å². The van der Waals surface area contributed by atoms with Crippen molar-refractivity contribution in [3.05, 3.63) is 52.9 Å². The number of halogens is 2. The minimum absolute atomic E-state index is 0.265. The van der Waals surface area contributed by atoms with Crippen LogP contribution >= 0.6 is 15.9 Å². The van der Waals surface area contributed by atoms with Gasteiger partial charge in [0.05, 0.1) is 29.9 Å². The molecule has 0 saturated carbocycles. The first-order valence-electron chi connectivity index (χ1n) is 5.66. The van der Waals surface area contributed by atoms with Crippen LogP contribution in [0.5, 0.6) is 5.75 Å². The minimum Gasteiger partial charge on any atom is -0.496 e. The Kier molecular flexibility index (Phi) is 2.98. The van der Waals surface area contributed by atoms with E-state index >= 15 is 0 Å². The summed E-state index contributed by atoms with van der Waals surface area (Å²) in [6.45, 7) is 0. The summed E-state index contributed by atoms with van der Waals surface area (Å²) in [5.74, 6) is 0.483. The molecule has 1 aromatic heterocycles. The standard InChI is InChI=1S/C14H10BrFN2O/c1-19-14-7-9(15)6-13-12(14)8-17-18(13)11-4-2-10(16)3-5-11/h2-8H,1H3. The summed E-state index contributed by atoms with van der Waals surface area (Å²) in [7, 11) is 1.62. The highest BCUT2D eigenvalue weighted by atomic mass is 79.9. The highest BCUT2D eigenvalue weighted by Crippen LogP contribution is 2.31. The van der Waals surface area contributed by atoms with Gasteiger partial charge < -0.3 is 4.74 Å². The van der Waals surface area contributed by atoms with Gasteiger partial charge in [-0.2, -0.15) is 5.10 Å². The summed E-state index contributed by atoms with van der Waals surface area (Å²) in [6, 6.07) is 10.0. The van der Waals surface area contributed by atoms with Crippen LogP contribution in [-0.2, 0) is 0 Å². The Morgan fingerprint density at radius 1 is 1.21 bits per heavy atom. The summed E-state index contributed by atoms with van der Waals surface area (Å²) in [6.07, 6.45) is 1.74. The second kappa shape index (κ2) is 4.66. The molecule has 0 atom stereocenters. The van der Waals surface area contributed by atoms with E-state index in [2.05, 4.69) is 21.0 Å². The molecule has 0 aliphatic heterocycles. The molecule has 0 unspecified atom stereocenters. The number of benzene rings is 2.